The molecule has 0 aromatic heterocycles. The maximum Gasteiger partial charge on any atom is 0.217 e. The topological polar surface area (TPSA) is 64.3 Å². The number of nitrogens with one attached hydrogen (secondary N) is 1. The summed E-state index contributed by atoms with van der Waals surface area (Å²) >= 11 is 0. The predicted molar refractivity (Wildman–Crippen MR) is 72.5 cm³/mol. The minimum Gasteiger partial charge on any atom is -0.496 e. The summed E-state index contributed by atoms with van der Waals surface area (Å²) in [6.07, 6.45) is 2.26. The third kappa shape index (κ3) is 5.19. The summed E-state index contributed by atoms with van der Waals surface area (Å²) in [5.41, 5.74) is 7.46. The molecule has 0 heterocycles. The van der Waals surface area contributed by atoms with Crippen LogP contribution in [0.2, 0.25) is 0 Å². The maximum atomic E-state index is 10.6. The third-order valence-corrected chi connectivity index (χ3v) is 2.78. The average Bonchev–Trinajstić information content (AvgIpc) is 2.33. The van der Waals surface area contributed by atoms with Crippen LogP contribution in [-0.4, -0.2) is 19.6 Å². The Hall–Kier alpha value is -1.55. The normalized spacial score (nSPS) is 10.3. The zero-order valence-electron chi connectivity index (χ0n) is 11.2. The summed E-state index contributed by atoms with van der Waals surface area (Å²) in [6, 6.07) is 6.14. The molecule has 0 fully saturated rings. The van der Waals surface area contributed by atoms with Gasteiger partial charge >= 0.3 is 0 Å². The van der Waals surface area contributed by atoms with Crippen LogP contribution in [0.3, 0.4) is 0 Å². The van der Waals surface area contributed by atoms with Gasteiger partial charge in [-0.2, -0.15) is 0 Å². The molecule has 3 N–H and O–H groups in total. The number of hydrogen-bond donors (Lipinski definition) is 2. The maximum absolute atomic E-state index is 10.6. The Kier molecular flexibility index (Phi) is 6.22. The number of amides is 1. The number of carbonyl (C=O) groups excluding carboxylic acids is 1. The number of hydrogen-bond acceptors (Lipinski definition) is 3. The van der Waals surface area contributed by atoms with Gasteiger partial charge in [-0.25, -0.2) is 0 Å². The van der Waals surface area contributed by atoms with E-state index in [2.05, 4.69) is 18.3 Å². The fourth-order valence-electron chi connectivity index (χ4n) is 1.82. The lowest BCUT2D eigenvalue weighted by Crippen LogP contribution is -2.16. The number of carbonyl (C=O) groups is 1. The first-order valence-corrected chi connectivity index (χ1v) is 6.26. The van der Waals surface area contributed by atoms with Crippen LogP contribution in [-0.2, 0) is 11.3 Å². The van der Waals surface area contributed by atoms with E-state index in [-0.39, 0.29) is 5.91 Å². The lowest BCUT2D eigenvalue weighted by Gasteiger charge is -2.10. The molecule has 100 valence electrons. The van der Waals surface area contributed by atoms with Crippen LogP contribution in [0.1, 0.15) is 30.4 Å². The van der Waals surface area contributed by atoms with Gasteiger partial charge in [0.15, 0.2) is 0 Å². The SMILES string of the molecule is COc1ccc(C)cc1CNCCCCC(N)=O. The molecule has 1 aromatic carbocycles. The van der Waals surface area contributed by atoms with Crippen molar-refractivity contribution in [3.63, 3.8) is 0 Å². The highest BCUT2D eigenvalue weighted by Crippen LogP contribution is 2.19. The van der Waals surface area contributed by atoms with Gasteiger partial charge in [-0.1, -0.05) is 17.7 Å². The van der Waals surface area contributed by atoms with Crippen molar-refractivity contribution >= 4 is 5.91 Å². The number of aryl methyl sites for hydroxylation is 1. The lowest BCUT2D eigenvalue weighted by molar-refractivity contribution is -0.118. The molecule has 4 nitrogen and oxygen atoms in total. The minimum atomic E-state index is -0.227. The van der Waals surface area contributed by atoms with Crippen LogP contribution in [0, 0.1) is 6.92 Å². The largest absolute Gasteiger partial charge is 0.496 e. The quantitative estimate of drug-likeness (QED) is 0.691. The molecule has 0 bridgehead atoms. The number of primary amides is 1. The molecule has 4 heteroatoms. The van der Waals surface area contributed by atoms with Crippen molar-refractivity contribution in [3.05, 3.63) is 29.3 Å². The van der Waals surface area contributed by atoms with Gasteiger partial charge in [-0.15, -0.1) is 0 Å². The molecule has 0 saturated heterocycles. The number of benzene rings is 1. The van der Waals surface area contributed by atoms with E-state index in [4.69, 9.17) is 10.5 Å². The molecule has 0 aliphatic carbocycles. The van der Waals surface area contributed by atoms with Crippen molar-refractivity contribution in [2.75, 3.05) is 13.7 Å². The van der Waals surface area contributed by atoms with Crippen LogP contribution in [0.4, 0.5) is 0 Å². The molecule has 0 saturated carbocycles. The highest BCUT2D eigenvalue weighted by Gasteiger charge is 2.02. The van der Waals surface area contributed by atoms with Crippen molar-refractivity contribution in [2.24, 2.45) is 5.73 Å². The second kappa shape index (κ2) is 7.71. The van der Waals surface area contributed by atoms with Gasteiger partial charge < -0.3 is 15.8 Å². The van der Waals surface area contributed by atoms with Crippen LogP contribution >= 0.6 is 0 Å². The molecule has 0 aliphatic heterocycles. The summed E-state index contributed by atoms with van der Waals surface area (Å²) < 4.78 is 5.31. The number of rotatable bonds is 8. The van der Waals surface area contributed by atoms with Gasteiger partial charge in [0.25, 0.3) is 0 Å². The molecular formula is C14H22N2O2. The van der Waals surface area contributed by atoms with E-state index >= 15 is 0 Å². The van der Waals surface area contributed by atoms with Crippen LogP contribution < -0.4 is 15.8 Å². The first-order chi connectivity index (χ1) is 8.63. The molecule has 0 spiro atoms. The Morgan fingerprint density at radius 3 is 2.83 bits per heavy atom. The Bertz CT molecular complexity index is 391. The van der Waals surface area contributed by atoms with Crippen molar-refractivity contribution in [2.45, 2.75) is 32.7 Å². The molecule has 0 aliphatic rings. The molecule has 0 unspecified atom stereocenters. The monoisotopic (exact) mass is 250 g/mol. The standard InChI is InChI=1S/C14H22N2O2/c1-11-6-7-13(18-2)12(9-11)10-16-8-4-3-5-14(15)17/h6-7,9,16H,3-5,8,10H2,1-2H3,(H2,15,17). The number of nitrogens with two attached hydrogens (primary N) is 1. The molecule has 18 heavy (non-hydrogen) atoms. The van der Waals surface area contributed by atoms with Crippen molar-refractivity contribution in [1.29, 1.82) is 0 Å². The van der Waals surface area contributed by atoms with E-state index in [1.54, 1.807) is 7.11 Å². The molecule has 1 rings (SSSR count). The van der Waals surface area contributed by atoms with Gasteiger partial charge in [0.1, 0.15) is 5.75 Å². The van der Waals surface area contributed by atoms with Crippen molar-refractivity contribution in [1.82, 2.24) is 5.32 Å². The fraction of sp³-hybridized carbons (Fsp3) is 0.500. The van der Waals surface area contributed by atoms with Gasteiger partial charge in [-0.3, -0.25) is 4.79 Å². The molecule has 1 aromatic rings. The second-order valence-electron chi connectivity index (χ2n) is 4.42. The first-order valence-electron chi connectivity index (χ1n) is 6.26. The second-order valence-corrected chi connectivity index (χ2v) is 4.42. The van der Waals surface area contributed by atoms with Gasteiger partial charge in [0.05, 0.1) is 7.11 Å². The zero-order valence-corrected chi connectivity index (χ0v) is 11.2. The summed E-state index contributed by atoms with van der Waals surface area (Å²) in [6.45, 7) is 3.72. The van der Waals surface area contributed by atoms with E-state index < -0.39 is 0 Å². The lowest BCUT2D eigenvalue weighted by atomic mass is 10.1. The first kappa shape index (κ1) is 14.5. The molecule has 0 atom stereocenters. The van der Waals surface area contributed by atoms with E-state index in [9.17, 15) is 4.79 Å². The Morgan fingerprint density at radius 2 is 2.17 bits per heavy atom. The van der Waals surface area contributed by atoms with Crippen LogP contribution in [0.15, 0.2) is 18.2 Å². The summed E-state index contributed by atoms with van der Waals surface area (Å²) in [4.78, 5) is 10.6. The fourth-order valence-corrected chi connectivity index (χ4v) is 1.82. The van der Waals surface area contributed by atoms with Gasteiger partial charge in [-0.05, 0) is 32.4 Å². The summed E-state index contributed by atoms with van der Waals surface area (Å²) in [7, 11) is 1.68. The summed E-state index contributed by atoms with van der Waals surface area (Å²) in [5, 5.41) is 3.35. The minimum absolute atomic E-state index is 0.227. The van der Waals surface area contributed by atoms with Crippen LogP contribution in [0.25, 0.3) is 0 Å². The Balaban J connectivity index is 2.30. The Labute approximate surface area is 109 Å². The molecule has 1 amide bonds. The average molecular weight is 250 g/mol. The number of unbranched alkanes of at least 4 members (excludes halogenated alkanes) is 1. The Morgan fingerprint density at radius 1 is 1.39 bits per heavy atom. The van der Waals surface area contributed by atoms with Crippen LogP contribution in [0.5, 0.6) is 5.75 Å². The van der Waals surface area contributed by atoms with E-state index in [1.165, 1.54) is 5.56 Å². The highest BCUT2D eigenvalue weighted by atomic mass is 16.5. The number of methoxy groups -OCH3 is 1. The summed E-state index contributed by atoms with van der Waals surface area (Å²) in [5.74, 6) is 0.681. The van der Waals surface area contributed by atoms with E-state index in [0.29, 0.717) is 6.42 Å². The number of ether oxygens (including phenoxy) is 1. The smallest absolute Gasteiger partial charge is 0.217 e. The molecular weight excluding hydrogens is 228 g/mol. The van der Waals surface area contributed by atoms with Crippen molar-refractivity contribution < 1.29 is 9.53 Å². The predicted octanol–water partition coefficient (Wildman–Crippen LogP) is 1.75. The third-order valence-electron chi connectivity index (χ3n) is 2.78. The van der Waals surface area contributed by atoms with Gasteiger partial charge in [0, 0.05) is 18.5 Å². The van der Waals surface area contributed by atoms with Crippen molar-refractivity contribution in [3.8, 4) is 5.75 Å². The molecule has 0 radical (unpaired) electrons. The van der Waals surface area contributed by atoms with E-state index in [1.807, 2.05) is 12.1 Å². The van der Waals surface area contributed by atoms with Gasteiger partial charge in [0.2, 0.25) is 5.91 Å². The van der Waals surface area contributed by atoms with E-state index in [0.717, 1.165) is 37.2 Å². The zero-order chi connectivity index (χ0) is 13.4. The highest BCUT2D eigenvalue weighted by molar-refractivity contribution is 5.73.